The zero-order valence-corrected chi connectivity index (χ0v) is 11.3. The summed E-state index contributed by atoms with van der Waals surface area (Å²) in [6.07, 6.45) is 0. The Morgan fingerprint density at radius 2 is 1.89 bits per heavy atom. The first-order chi connectivity index (χ1) is 8.69. The van der Waals surface area contributed by atoms with Crippen molar-refractivity contribution in [3.05, 3.63) is 35.4 Å². The number of hydrogen-bond donors (Lipinski definition) is 1. The van der Waals surface area contributed by atoms with Gasteiger partial charge in [0.2, 0.25) is 0 Å². The Labute approximate surface area is 110 Å². The molecule has 0 aromatic heterocycles. The maximum Gasteiger partial charge on any atom is 0.251 e. The normalized spacial score (nSPS) is 17.6. The Bertz CT molecular complexity index is 435. The lowest BCUT2D eigenvalue weighted by atomic mass is 10.1. The van der Waals surface area contributed by atoms with E-state index in [9.17, 15) is 9.00 Å². The largest absolute Gasteiger partial charge is 0.355 e. The van der Waals surface area contributed by atoms with Gasteiger partial charge in [0.25, 0.3) is 5.91 Å². The van der Waals surface area contributed by atoms with E-state index in [2.05, 4.69) is 10.2 Å². The van der Waals surface area contributed by atoms with E-state index in [4.69, 9.17) is 0 Å². The lowest BCUT2D eigenvalue weighted by Gasteiger charge is -2.26. The minimum atomic E-state index is -0.625. The number of benzene rings is 1. The van der Waals surface area contributed by atoms with Crippen molar-refractivity contribution >= 4 is 16.7 Å². The van der Waals surface area contributed by atoms with Gasteiger partial charge in [-0.3, -0.25) is 13.9 Å². The van der Waals surface area contributed by atoms with Crippen LogP contribution in [0.4, 0.5) is 0 Å². The van der Waals surface area contributed by atoms with Crippen LogP contribution in [0.25, 0.3) is 0 Å². The van der Waals surface area contributed by atoms with Gasteiger partial charge in [-0.05, 0) is 17.7 Å². The highest BCUT2D eigenvalue weighted by Gasteiger charge is 2.15. The number of carbonyl (C=O) groups excluding carboxylic acids is 1. The number of nitrogens with zero attached hydrogens (tertiary/aromatic N) is 1. The molecule has 18 heavy (non-hydrogen) atoms. The molecule has 0 atom stereocenters. The smallest absolute Gasteiger partial charge is 0.251 e. The Balaban J connectivity index is 1.94. The molecule has 1 amide bonds. The second kappa shape index (κ2) is 6.11. The van der Waals surface area contributed by atoms with Crippen molar-refractivity contribution in [3.63, 3.8) is 0 Å². The lowest BCUT2D eigenvalue weighted by molar-refractivity contribution is 0.0963. The van der Waals surface area contributed by atoms with E-state index in [-0.39, 0.29) is 5.91 Å². The quantitative estimate of drug-likeness (QED) is 0.872. The van der Waals surface area contributed by atoms with Gasteiger partial charge >= 0.3 is 0 Å². The monoisotopic (exact) mass is 266 g/mol. The zero-order chi connectivity index (χ0) is 13.0. The number of hydrogen-bond acceptors (Lipinski definition) is 3. The summed E-state index contributed by atoms with van der Waals surface area (Å²) in [4.78, 5) is 13.7. The standard InChI is InChI=1S/C13H18N2O2S/c1-14-13(16)12-4-2-11(3-5-12)10-15-6-8-18(17)9-7-15/h2-5H,6-10H2,1H3,(H,14,16). The van der Waals surface area contributed by atoms with Gasteiger partial charge in [-0.25, -0.2) is 0 Å². The Morgan fingerprint density at radius 1 is 1.28 bits per heavy atom. The molecule has 0 bridgehead atoms. The molecule has 0 unspecified atom stereocenters. The molecule has 1 aliphatic heterocycles. The third kappa shape index (κ3) is 3.40. The Morgan fingerprint density at radius 3 is 2.44 bits per heavy atom. The molecule has 0 aliphatic carbocycles. The van der Waals surface area contributed by atoms with Gasteiger partial charge < -0.3 is 5.32 Å². The van der Waals surface area contributed by atoms with Crippen molar-refractivity contribution in [2.24, 2.45) is 0 Å². The fraction of sp³-hybridized carbons (Fsp3) is 0.462. The molecule has 0 radical (unpaired) electrons. The van der Waals surface area contributed by atoms with Gasteiger partial charge in [0.15, 0.2) is 0 Å². The highest BCUT2D eigenvalue weighted by Crippen LogP contribution is 2.09. The SMILES string of the molecule is CNC(=O)c1ccc(CN2CCS(=O)CC2)cc1. The fourth-order valence-electron chi connectivity index (χ4n) is 2.00. The molecule has 1 fully saturated rings. The van der Waals surface area contributed by atoms with Crippen molar-refractivity contribution in [2.75, 3.05) is 31.6 Å². The summed E-state index contributed by atoms with van der Waals surface area (Å²) in [6.45, 7) is 2.65. The highest BCUT2D eigenvalue weighted by molar-refractivity contribution is 7.85. The maximum atomic E-state index is 11.4. The third-order valence-corrected chi connectivity index (χ3v) is 4.40. The summed E-state index contributed by atoms with van der Waals surface area (Å²) in [5.74, 6) is 1.49. The predicted octanol–water partition coefficient (Wildman–Crippen LogP) is 0.610. The van der Waals surface area contributed by atoms with E-state index < -0.39 is 10.8 Å². The number of nitrogens with one attached hydrogen (secondary N) is 1. The van der Waals surface area contributed by atoms with Crippen LogP contribution < -0.4 is 5.32 Å². The van der Waals surface area contributed by atoms with Crippen molar-refractivity contribution in [1.29, 1.82) is 0 Å². The second-order valence-corrected chi connectivity index (χ2v) is 6.10. The van der Waals surface area contributed by atoms with E-state index in [0.717, 1.165) is 31.1 Å². The van der Waals surface area contributed by atoms with E-state index in [1.54, 1.807) is 7.05 Å². The molecule has 0 saturated carbocycles. The van der Waals surface area contributed by atoms with E-state index in [1.165, 1.54) is 5.56 Å². The molecular weight excluding hydrogens is 248 g/mol. The van der Waals surface area contributed by atoms with Gasteiger partial charge in [-0.15, -0.1) is 0 Å². The number of carbonyl (C=O) groups is 1. The molecule has 1 saturated heterocycles. The molecule has 4 nitrogen and oxygen atoms in total. The lowest BCUT2D eigenvalue weighted by Crippen LogP contribution is -2.37. The van der Waals surface area contributed by atoms with Crippen LogP contribution in [0, 0.1) is 0 Å². The topological polar surface area (TPSA) is 49.4 Å². The summed E-state index contributed by atoms with van der Waals surface area (Å²) >= 11 is 0. The van der Waals surface area contributed by atoms with Crippen molar-refractivity contribution in [1.82, 2.24) is 10.2 Å². The summed E-state index contributed by atoms with van der Waals surface area (Å²) in [5, 5.41) is 2.60. The summed E-state index contributed by atoms with van der Waals surface area (Å²) in [5.41, 5.74) is 1.87. The van der Waals surface area contributed by atoms with Gasteiger partial charge in [-0.1, -0.05) is 12.1 Å². The molecule has 1 aromatic carbocycles. The van der Waals surface area contributed by atoms with Gasteiger partial charge in [0.05, 0.1) is 0 Å². The predicted molar refractivity (Wildman–Crippen MR) is 73.0 cm³/mol. The summed E-state index contributed by atoms with van der Waals surface area (Å²) in [7, 11) is 1.00. The number of rotatable bonds is 3. The van der Waals surface area contributed by atoms with E-state index >= 15 is 0 Å². The van der Waals surface area contributed by atoms with E-state index in [0.29, 0.717) is 5.56 Å². The fourth-order valence-corrected chi connectivity index (χ4v) is 3.13. The first kappa shape index (κ1) is 13.2. The van der Waals surface area contributed by atoms with E-state index in [1.807, 2.05) is 24.3 Å². The van der Waals surface area contributed by atoms with Crippen LogP contribution >= 0.6 is 0 Å². The Kier molecular flexibility index (Phi) is 4.49. The molecule has 5 heteroatoms. The van der Waals surface area contributed by atoms with Crippen LogP contribution in [0.5, 0.6) is 0 Å². The van der Waals surface area contributed by atoms with Gasteiger partial charge in [0, 0.05) is 54.6 Å². The molecule has 0 spiro atoms. The van der Waals surface area contributed by atoms with Gasteiger partial charge in [-0.2, -0.15) is 0 Å². The molecule has 1 aromatic rings. The zero-order valence-electron chi connectivity index (χ0n) is 10.5. The third-order valence-electron chi connectivity index (χ3n) is 3.12. The molecule has 98 valence electrons. The van der Waals surface area contributed by atoms with Crippen molar-refractivity contribution < 1.29 is 9.00 Å². The molecule has 1 aliphatic rings. The highest BCUT2D eigenvalue weighted by atomic mass is 32.2. The van der Waals surface area contributed by atoms with Crippen molar-refractivity contribution in [3.8, 4) is 0 Å². The van der Waals surface area contributed by atoms with Crippen LogP contribution in [-0.4, -0.2) is 46.7 Å². The van der Waals surface area contributed by atoms with Crippen LogP contribution in [0.2, 0.25) is 0 Å². The summed E-state index contributed by atoms with van der Waals surface area (Å²) in [6, 6.07) is 7.65. The first-order valence-electron chi connectivity index (χ1n) is 6.07. The second-order valence-electron chi connectivity index (χ2n) is 4.40. The molecular formula is C13H18N2O2S. The molecule has 1 N–H and O–H groups in total. The maximum absolute atomic E-state index is 11.4. The minimum Gasteiger partial charge on any atom is -0.355 e. The Hall–Kier alpha value is -1.20. The molecule has 2 rings (SSSR count). The summed E-state index contributed by atoms with van der Waals surface area (Å²) < 4.78 is 11.3. The van der Waals surface area contributed by atoms with Crippen LogP contribution in [0.15, 0.2) is 24.3 Å². The number of amides is 1. The average molecular weight is 266 g/mol. The van der Waals surface area contributed by atoms with Crippen LogP contribution in [0.3, 0.4) is 0 Å². The first-order valence-corrected chi connectivity index (χ1v) is 7.56. The minimum absolute atomic E-state index is 0.0603. The van der Waals surface area contributed by atoms with Crippen LogP contribution in [0.1, 0.15) is 15.9 Å². The van der Waals surface area contributed by atoms with Gasteiger partial charge in [0.1, 0.15) is 0 Å². The van der Waals surface area contributed by atoms with Crippen molar-refractivity contribution in [2.45, 2.75) is 6.54 Å². The molecule has 1 heterocycles. The average Bonchev–Trinajstić information content (AvgIpc) is 2.41. The van der Waals surface area contributed by atoms with Crippen LogP contribution in [-0.2, 0) is 17.3 Å².